The molecule has 1 unspecified atom stereocenters. The predicted molar refractivity (Wildman–Crippen MR) is 70.9 cm³/mol. The minimum absolute atomic E-state index is 0.0878. The molecule has 2 aromatic rings. The number of aromatic nitrogens is 2. The van der Waals surface area contributed by atoms with Gasteiger partial charge >= 0.3 is 0 Å². The topological polar surface area (TPSA) is 55.2 Å². The summed E-state index contributed by atoms with van der Waals surface area (Å²) in [4.78, 5) is 9.05. The zero-order valence-electron chi connectivity index (χ0n) is 10.6. The smallest absolute Gasteiger partial charge is 0.138 e. The number of aliphatic hydroxyl groups is 1. The zero-order valence-corrected chi connectivity index (χ0v) is 11.4. The average Bonchev–Trinajstić information content (AvgIpc) is 2.74. The molecule has 96 valence electrons. The summed E-state index contributed by atoms with van der Waals surface area (Å²) in [6, 6.07) is 1.81. The van der Waals surface area contributed by atoms with Crippen LogP contribution >= 0.6 is 11.3 Å². The molecular weight excluding hydrogens is 248 g/mol. The lowest BCUT2D eigenvalue weighted by Gasteiger charge is -2.12. The van der Waals surface area contributed by atoms with E-state index >= 15 is 0 Å². The van der Waals surface area contributed by atoms with Gasteiger partial charge in [0.1, 0.15) is 11.9 Å². The number of pyridine rings is 1. The fourth-order valence-corrected chi connectivity index (χ4v) is 2.39. The van der Waals surface area contributed by atoms with E-state index in [0.717, 1.165) is 15.4 Å². The first-order valence-electron chi connectivity index (χ1n) is 5.78. The maximum absolute atomic E-state index is 10.2. The van der Waals surface area contributed by atoms with Crippen molar-refractivity contribution < 1.29 is 9.84 Å². The van der Waals surface area contributed by atoms with Gasteiger partial charge in [0.05, 0.1) is 22.2 Å². The molecule has 0 aliphatic rings. The molecule has 0 spiro atoms. The summed E-state index contributed by atoms with van der Waals surface area (Å²) in [6.07, 6.45) is 4.38. The van der Waals surface area contributed by atoms with E-state index in [0.29, 0.717) is 5.75 Å². The Labute approximate surface area is 110 Å². The van der Waals surface area contributed by atoms with Crippen molar-refractivity contribution in [2.75, 3.05) is 0 Å². The highest BCUT2D eigenvalue weighted by molar-refractivity contribution is 7.11. The Morgan fingerprint density at radius 2 is 2.06 bits per heavy atom. The molecule has 0 radical (unpaired) electrons. The fraction of sp³-hybridized carbons (Fsp3) is 0.385. The molecule has 0 saturated heterocycles. The minimum Gasteiger partial charge on any atom is -0.489 e. The first-order chi connectivity index (χ1) is 8.56. The molecule has 4 nitrogen and oxygen atoms in total. The molecule has 0 bridgehead atoms. The van der Waals surface area contributed by atoms with Gasteiger partial charge < -0.3 is 9.84 Å². The van der Waals surface area contributed by atoms with Crippen LogP contribution in [0.15, 0.2) is 24.7 Å². The highest BCUT2D eigenvalue weighted by atomic mass is 32.1. The van der Waals surface area contributed by atoms with Gasteiger partial charge in [-0.3, -0.25) is 4.98 Å². The number of aryl methyl sites for hydroxylation is 1. The molecule has 1 atom stereocenters. The van der Waals surface area contributed by atoms with Gasteiger partial charge in [0.25, 0.3) is 0 Å². The van der Waals surface area contributed by atoms with E-state index in [2.05, 4.69) is 9.97 Å². The van der Waals surface area contributed by atoms with Crippen molar-refractivity contribution >= 4 is 11.3 Å². The Balaban J connectivity index is 2.22. The van der Waals surface area contributed by atoms with Crippen molar-refractivity contribution in [3.8, 4) is 5.75 Å². The van der Waals surface area contributed by atoms with Crippen molar-refractivity contribution in [1.82, 2.24) is 9.97 Å². The van der Waals surface area contributed by atoms with E-state index in [-0.39, 0.29) is 6.10 Å². The van der Waals surface area contributed by atoms with Gasteiger partial charge in [-0.1, -0.05) is 0 Å². The standard InChI is InChI=1S/C13H16N2O2S/c1-8(2)17-11-4-10(5-14-6-11)13(16)12-7-15-9(3)18-12/h4-8,13,16H,1-3H3. The van der Waals surface area contributed by atoms with Crippen LogP contribution in [0.1, 0.15) is 35.4 Å². The zero-order chi connectivity index (χ0) is 13.1. The molecule has 2 heterocycles. The lowest BCUT2D eigenvalue weighted by Crippen LogP contribution is -2.07. The number of nitrogens with zero attached hydrogens (tertiary/aromatic N) is 2. The van der Waals surface area contributed by atoms with Crippen LogP contribution in [0.4, 0.5) is 0 Å². The largest absolute Gasteiger partial charge is 0.489 e. The number of rotatable bonds is 4. The van der Waals surface area contributed by atoms with Crippen LogP contribution in [0, 0.1) is 6.92 Å². The van der Waals surface area contributed by atoms with Crippen LogP contribution in [0.3, 0.4) is 0 Å². The van der Waals surface area contributed by atoms with Gasteiger partial charge in [-0.05, 0) is 26.8 Å². The molecular formula is C13H16N2O2S. The summed E-state index contributed by atoms with van der Waals surface area (Å²) in [5.74, 6) is 0.669. The molecule has 0 aromatic carbocycles. The van der Waals surface area contributed by atoms with Crippen molar-refractivity contribution in [2.24, 2.45) is 0 Å². The maximum Gasteiger partial charge on any atom is 0.138 e. The Hall–Kier alpha value is -1.46. The minimum atomic E-state index is -0.695. The summed E-state index contributed by atoms with van der Waals surface area (Å²) in [7, 11) is 0. The van der Waals surface area contributed by atoms with Gasteiger partial charge in [-0.2, -0.15) is 0 Å². The molecule has 0 amide bonds. The summed E-state index contributed by atoms with van der Waals surface area (Å²) in [6.45, 7) is 5.82. The maximum atomic E-state index is 10.2. The number of thiazole rings is 1. The Morgan fingerprint density at radius 1 is 1.28 bits per heavy atom. The second-order valence-corrected chi connectivity index (χ2v) is 5.57. The molecule has 5 heteroatoms. The fourth-order valence-electron chi connectivity index (χ4n) is 1.59. The first kappa shape index (κ1) is 13.0. The average molecular weight is 264 g/mol. The van der Waals surface area contributed by atoms with Crippen molar-refractivity contribution in [1.29, 1.82) is 0 Å². The normalized spacial score (nSPS) is 12.7. The third kappa shape index (κ3) is 3.05. The van der Waals surface area contributed by atoms with Crippen molar-refractivity contribution in [3.05, 3.63) is 40.1 Å². The number of hydrogen-bond donors (Lipinski definition) is 1. The number of aliphatic hydroxyl groups excluding tert-OH is 1. The summed E-state index contributed by atoms with van der Waals surface area (Å²) < 4.78 is 5.56. The van der Waals surface area contributed by atoms with Gasteiger partial charge in [0.15, 0.2) is 0 Å². The van der Waals surface area contributed by atoms with Crippen LogP contribution in [-0.4, -0.2) is 21.2 Å². The number of ether oxygens (including phenoxy) is 1. The third-order valence-corrected chi connectivity index (χ3v) is 3.30. The highest BCUT2D eigenvalue weighted by Gasteiger charge is 2.14. The lowest BCUT2D eigenvalue weighted by molar-refractivity contribution is 0.218. The second-order valence-electron chi connectivity index (χ2n) is 4.30. The van der Waals surface area contributed by atoms with Crippen LogP contribution < -0.4 is 4.74 Å². The number of hydrogen-bond acceptors (Lipinski definition) is 5. The molecule has 0 fully saturated rings. The van der Waals surface area contributed by atoms with E-state index in [1.54, 1.807) is 18.6 Å². The monoisotopic (exact) mass is 264 g/mol. The third-order valence-electron chi connectivity index (χ3n) is 2.33. The van der Waals surface area contributed by atoms with Crippen LogP contribution in [-0.2, 0) is 0 Å². The quantitative estimate of drug-likeness (QED) is 0.922. The molecule has 18 heavy (non-hydrogen) atoms. The van der Waals surface area contributed by atoms with Crippen molar-refractivity contribution in [3.63, 3.8) is 0 Å². The van der Waals surface area contributed by atoms with E-state index < -0.39 is 6.10 Å². The molecule has 2 aromatic heterocycles. The summed E-state index contributed by atoms with van der Waals surface area (Å²) >= 11 is 1.48. The molecule has 1 N–H and O–H groups in total. The highest BCUT2D eigenvalue weighted by Crippen LogP contribution is 2.28. The molecule has 0 aliphatic heterocycles. The Morgan fingerprint density at radius 3 is 2.67 bits per heavy atom. The molecule has 0 aliphatic carbocycles. The first-order valence-corrected chi connectivity index (χ1v) is 6.60. The predicted octanol–water partition coefficient (Wildman–Crippen LogP) is 2.72. The van der Waals surface area contributed by atoms with Gasteiger partial charge in [0, 0.05) is 18.0 Å². The van der Waals surface area contributed by atoms with E-state index in [1.165, 1.54) is 11.3 Å². The van der Waals surface area contributed by atoms with Crippen LogP contribution in [0.25, 0.3) is 0 Å². The Kier molecular flexibility index (Phi) is 3.93. The molecule has 2 rings (SSSR count). The van der Waals surface area contributed by atoms with Crippen LogP contribution in [0.5, 0.6) is 5.75 Å². The van der Waals surface area contributed by atoms with E-state index in [1.807, 2.05) is 26.8 Å². The van der Waals surface area contributed by atoms with E-state index in [9.17, 15) is 5.11 Å². The second kappa shape index (κ2) is 5.46. The van der Waals surface area contributed by atoms with Gasteiger partial charge in [0.2, 0.25) is 0 Å². The van der Waals surface area contributed by atoms with Gasteiger partial charge in [-0.25, -0.2) is 4.98 Å². The summed E-state index contributed by atoms with van der Waals surface area (Å²) in [5.41, 5.74) is 0.719. The van der Waals surface area contributed by atoms with Crippen molar-refractivity contribution in [2.45, 2.75) is 33.0 Å². The SMILES string of the molecule is Cc1ncc(C(O)c2cncc(OC(C)C)c2)s1. The Bertz CT molecular complexity index is 525. The lowest BCUT2D eigenvalue weighted by atomic mass is 10.1. The summed E-state index contributed by atoms with van der Waals surface area (Å²) in [5, 5.41) is 11.2. The van der Waals surface area contributed by atoms with E-state index in [4.69, 9.17) is 4.74 Å². The van der Waals surface area contributed by atoms with Gasteiger partial charge in [-0.15, -0.1) is 11.3 Å². The van der Waals surface area contributed by atoms with Crippen LogP contribution in [0.2, 0.25) is 0 Å². The molecule has 0 saturated carbocycles.